The van der Waals surface area contributed by atoms with E-state index in [2.05, 4.69) is 12.0 Å². The number of unbranched alkanes of at least 4 members (excludes halogenated alkanes) is 1. The molecule has 0 heterocycles. The second-order valence-electron chi connectivity index (χ2n) is 6.33. The number of amides is 1. The van der Waals surface area contributed by atoms with Crippen molar-refractivity contribution in [2.45, 2.75) is 46.1 Å². The Morgan fingerprint density at radius 1 is 1.21 bits per heavy atom. The second-order valence-corrected chi connectivity index (χ2v) is 6.33. The molecule has 0 aliphatic rings. The third-order valence-corrected chi connectivity index (χ3v) is 2.89. The molecule has 1 aromatic carbocycles. The van der Waals surface area contributed by atoms with Crippen LogP contribution in [-0.4, -0.2) is 28.9 Å². The molecule has 0 spiro atoms. The first-order chi connectivity index (χ1) is 11.3. The van der Waals surface area contributed by atoms with Crippen molar-refractivity contribution in [3.05, 3.63) is 42.0 Å². The van der Waals surface area contributed by atoms with Crippen LogP contribution in [0, 0.1) is 12.0 Å². The summed E-state index contributed by atoms with van der Waals surface area (Å²) in [6.45, 7) is 7.85. The maximum absolute atomic E-state index is 12.1. The molecule has 0 N–H and O–H groups in total. The molecule has 0 saturated heterocycles. The van der Waals surface area contributed by atoms with Crippen LogP contribution in [0.2, 0.25) is 0 Å². The van der Waals surface area contributed by atoms with Crippen LogP contribution in [0.15, 0.2) is 36.4 Å². The van der Waals surface area contributed by atoms with E-state index >= 15 is 0 Å². The van der Waals surface area contributed by atoms with Gasteiger partial charge >= 0.3 is 6.09 Å². The fraction of sp³-hybridized carbons (Fsp3) is 0.400. The van der Waals surface area contributed by atoms with Gasteiger partial charge in [-0.25, -0.2) is 9.69 Å². The van der Waals surface area contributed by atoms with Gasteiger partial charge in [-0.2, -0.15) is 0 Å². The van der Waals surface area contributed by atoms with Gasteiger partial charge in [-0.3, -0.25) is 4.79 Å². The minimum absolute atomic E-state index is 0.357. The van der Waals surface area contributed by atoms with Crippen LogP contribution in [-0.2, 0) is 9.53 Å². The number of hydrogen-bond acceptors (Lipinski definition) is 3. The molecule has 128 valence electrons. The Bertz CT molecular complexity index is 630. The summed E-state index contributed by atoms with van der Waals surface area (Å²) in [5.41, 5.74) is 0.322. The van der Waals surface area contributed by atoms with Gasteiger partial charge in [0.25, 0.3) is 0 Å². The van der Waals surface area contributed by atoms with Crippen LogP contribution in [0.3, 0.4) is 0 Å². The molecule has 4 heteroatoms. The SMILES string of the molecule is CCCCN(C#CC(=O)/C=C/c1ccccc1)C(=O)OC(C)(C)C. The highest BCUT2D eigenvalue weighted by molar-refractivity contribution is 6.06. The minimum Gasteiger partial charge on any atom is -0.443 e. The Morgan fingerprint density at radius 3 is 2.46 bits per heavy atom. The van der Waals surface area contributed by atoms with Crippen LogP contribution >= 0.6 is 0 Å². The zero-order valence-corrected chi connectivity index (χ0v) is 14.8. The van der Waals surface area contributed by atoms with Gasteiger partial charge in [0, 0.05) is 12.6 Å². The number of ether oxygens (including phenoxy) is 1. The Kier molecular flexibility index (Phi) is 7.77. The Labute approximate surface area is 144 Å². The lowest BCUT2D eigenvalue weighted by Crippen LogP contribution is -2.34. The zero-order chi connectivity index (χ0) is 18.0. The molecular weight excluding hydrogens is 302 g/mol. The molecule has 0 aromatic heterocycles. The molecule has 0 radical (unpaired) electrons. The summed E-state index contributed by atoms with van der Waals surface area (Å²) in [7, 11) is 0. The van der Waals surface area contributed by atoms with Crippen LogP contribution in [0.5, 0.6) is 0 Å². The number of allylic oxidation sites excluding steroid dienone is 1. The van der Waals surface area contributed by atoms with Crippen molar-refractivity contribution in [3.63, 3.8) is 0 Å². The third kappa shape index (κ3) is 8.19. The van der Waals surface area contributed by atoms with Crippen LogP contribution in [0.1, 0.15) is 46.1 Å². The van der Waals surface area contributed by atoms with Gasteiger partial charge in [0.1, 0.15) is 5.60 Å². The smallest absolute Gasteiger partial charge is 0.422 e. The van der Waals surface area contributed by atoms with E-state index in [1.807, 2.05) is 37.3 Å². The summed E-state index contributed by atoms with van der Waals surface area (Å²) in [6, 6.07) is 12.1. The standard InChI is InChI=1S/C20H25NO3/c1-5-6-15-21(19(23)24-20(2,3)4)16-14-18(22)13-12-17-10-8-7-9-11-17/h7-13H,5-6,15H2,1-4H3/b13-12+. The second kappa shape index (κ2) is 9.57. The predicted molar refractivity (Wildman–Crippen MR) is 96.1 cm³/mol. The van der Waals surface area contributed by atoms with Crippen molar-refractivity contribution in [2.75, 3.05) is 6.54 Å². The monoisotopic (exact) mass is 327 g/mol. The van der Waals surface area contributed by atoms with E-state index in [-0.39, 0.29) is 5.78 Å². The summed E-state index contributed by atoms with van der Waals surface area (Å²) in [4.78, 5) is 25.3. The lowest BCUT2D eigenvalue weighted by atomic mass is 10.2. The van der Waals surface area contributed by atoms with E-state index in [1.54, 1.807) is 26.8 Å². The first-order valence-corrected chi connectivity index (χ1v) is 8.11. The number of carbonyl (C=O) groups is 2. The number of rotatable bonds is 5. The molecular formula is C20H25NO3. The molecule has 0 fully saturated rings. The average molecular weight is 327 g/mol. The lowest BCUT2D eigenvalue weighted by molar-refractivity contribution is -0.109. The van der Waals surface area contributed by atoms with E-state index in [9.17, 15) is 9.59 Å². The molecule has 0 atom stereocenters. The molecule has 1 aromatic rings. The number of nitrogens with zero attached hydrogens (tertiary/aromatic N) is 1. The van der Waals surface area contributed by atoms with Gasteiger partial charge < -0.3 is 4.74 Å². The maximum Gasteiger partial charge on any atom is 0.422 e. The van der Waals surface area contributed by atoms with Gasteiger partial charge in [-0.1, -0.05) is 49.8 Å². The van der Waals surface area contributed by atoms with Crippen molar-refractivity contribution in [3.8, 4) is 12.0 Å². The fourth-order valence-electron chi connectivity index (χ4n) is 1.73. The van der Waals surface area contributed by atoms with Gasteiger partial charge in [-0.15, -0.1) is 0 Å². The number of benzene rings is 1. The minimum atomic E-state index is -0.597. The van der Waals surface area contributed by atoms with Crippen molar-refractivity contribution in [1.29, 1.82) is 0 Å². The van der Waals surface area contributed by atoms with Crippen molar-refractivity contribution in [2.24, 2.45) is 0 Å². The fourth-order valence-corrected chi connectivity index (χ4v) is 1.73. The molecule has 24 heavy (non-hydrogen) atoms. The molecule has 0 unspecified atom stereocenters. The van der Waals surface area contributed by atoms with Gasteiger partial charge in [0.15, 0.2) is 0 Å². The molecule has 0 saturated carbocycles. The van der Waals surface area contributed by atoms with Crippen LogP contribution in [0.4, 0.5) is 4.79 Å². The normalized spacial score (nSPS) is 10.8. The van der Waals surface area contributed by atoms with E-state index in [0.717, 1.165) is 18.4 Å². The van der Waals surface area contributed by atoms with E-state index in [0.29, 0.717) is 6.54 Å². The third-order valence-electron chi connectivity index (χ3n) is 2.89. The van der Waals surface area contributed by atoms with Gasteiger partial charge in [-0.05, 0) is 44.8 Å². The number of ketones is 1. The highest BCUT2D eigenvalue weighted by atomic mass is 16.6. The Hall–Kier alpha value is -2.54. The maximum atomic E-state index is 12.1. The summed E-state index contributed by atoms with van der Waals surface area (Å²) in [5.74, 6) is 2.12. The number of hydrogen-bond donors (Lipinski definition) is 0. The average Bonchev–Trinajstić information content (AvgIpc) is 2.52. The van der Waals surface area contributed by atoms with Crippen LogP contribution in [0.25, 0.3) is 6.08 Å². The molecule has 1 rings (SSSR count). The molecule has 0 bridgehead atoms. The van der Waals surface area contributed by atoms with Crippen molar-refractivity contribution >= 4 is 18.0 Å². The molecule has 0 aliphatic carbocycles. The summed E-state index contributed by atoms with van der Waals surface area (Å²) in [6.07, 6.45) is 4.28. The zero-order valence-electron chi connectivity index (χ0n) is 14.8. The Balaban J connectivity index is 2.75. The highest BCUT2D eigenvalue weighted by Crippen LogP contribution is 2.10. The summed E-state index contributed by atoms with van der Waals surface area (Å²) >= 11 is 0. The first-order valence-electron chi connectivity index (χ1n) is 8.11. The van der Waals surface area contributed by atoms with E-state index in [4.69, 9.17) is 4.74 Å². The highest BCUT2D eigenvalue weighted by Gasteiger charge is 2.20. The predicted octanol–water partition coefficient (Wildman–Crippen LogP) is 4.27. The lowest BCUT2D eigenvalue weighted by Gasteiger charge is -2.23. The molecule has 0 aliphatic heterocycles. The Morgan fingerprint density at radius 2 is 1.88 bits per heavy atom. The van der Waals surface area contributed by atoms with Gasteiger partial charge in [0.2, 0.25) is 5.78 Å². The molecule has 1 amide bonds. The summed E-state index contributed by atoms with van der Waals surface area (Å²) in [5, 5.41) is 0. The quantitative estimate of drug-likeness (QED) is 0.461. The first kappa shape index (κ1) is 19.5. The largest absolute Gasteiger partial charge is 0.443 e. The van der Waals surface area contributed by atoms with Crippen molar-refractivity contribution in [1.82, 2.24) is 4.90 Å². The summed E-state index contributed by atoms with van der Waals surface area (Å²) < 4.78 is 5.31. The van der Waals surface area contributed by atoms with E-state index in [1.165, 1.54) is 11.0 Å². The topological polar surface area (TPSA) is 46.6 Å². The van der Waals surface area contributed by atoms with Crippen molar-refractivity contribution < 1.29 is 14.3 Å². The van der Waals surface area contributed by atoms with E-state index < -0.39 is 11.7 Å². The van der Waals surface area contributed by atoms with Crippen LogP contribution < -0.4 is 0 Å². The molecule has 4 nitrogen and oxygen atoms in total. The number of carbonyl (C=O) groups excluding carboxylic acids is 2. The van der Waals surface area contributed by atoms with Gasteiger partial charge in [0.05, 0.1) is 0 Å².